The van der Waals surface area contributed by atoms with Gasteiger partial charge in [-0.1, -0.05) is 18.7 Å². The van der Waals surface area contributed by atoms with E-state index in [4.69, 9.17) is 0 Å². The summed E-state index contributed by atoms with van der Waals surface area (Å²) >= 11 is 1.56. The maximum atomic E-state index is 12.3. The van der Waals surface area contributed by atoms with Gasteiger partial charge >= 0.3 is 0 Å². The van der Waals surface area contributed by atoms with Crippen molar-refractivity contribution in [2.24, 2.45) is 7.05 Å². The van der Waals surface area contributed by atoms with Crippen molar-refractivity contribution in [3.8, 4) is 0 Å². The molecule has 0 spiro atoms. The molecule has 3 heterocycles. The molecule has 2 N–H and O–H groups in total. The number of aryl methyl sites for hydroxylation is 1. The Hall–Kier alpha value is -2.88. The highest BCUT2D eigenvalue weighted by Gasteiger charge is 2.15. The first-order valence-electron chi connectivity index (χ1n) is 9.47. The zero-order chi connectivity index (χ0) is 21.0. The van der Waals surface area contributed by atoms with Gasteiger partial charge in [-0.25, -0.2) is 14.6 Å². The first kappa shape index (κ1) is 20.8. The molecule has 0 bridgehead atoms. The number of rotatable bonds is 8. The standard InChI is InChI=1S/C19H25N7O2S/c1-5-29-19-23-15(22-12(2)3)14-11-21-26(16(14)24-19)10-8-20-17(27)13-7-6-9-25(4)18(13)28/h6-7,9,11-12H,5,8,10H2,1-4H3,(H,20,27)(H,22,23,24). The van der Waals surface area contributed by atoms with Gasteiger partial charge in [-0.2, -0.15) is 5.10 Å². The van der Waals surface area contributed by atoms with Gasteiger partial charge in [0, 0.05) is 25.8 Å². The fourth-order valence-electron chi connectivity index (χ4n) is 2.82. The predicted molar refractivity (Wildman–Crippen MR) is 114 cm³/mol. The van der Waals surface area contributed by atoms with E-state index in [0.29, 0.717) is 23.9 Å². The number of hydrogen-bond donors (Lipinski definition) is 2. The Morgan fingerprint density at radius 1 is 1.31 bits per heavy atom. The minimum atomic E-state index is -0.401. The number of pyridine rings is 1. The predicted octanol–water partition coefficient (Wildman–Crippen LogP) is 1.89. The van der Waals surface area contributed by atoms with Crippen LogP contribution >= 0.6 is 11.8 Å². The lowest BCUT2D eigenvalue weighted by molar-refractivity contribution is 0.0950. The first-order chi connectivity index (χ1) is 13.9. The fraction of sp³-hybridized carbons (Fsp3) is 0.421. The Balaban J connectivity index is 1.78. The minimum Gasteiger partial charge on any atom is -0.367 e. The molecule has 0 saturated heterocycles. The molecule has 0 unspecified atom stereocenters. The van der Waals surface area contributed by atoms with E-state index >= 15 is 0 Å². The van der Waals surface area contributed by atoms with Crippen LogP contribution in [0.4, 0.5) is 5.82 Å². The monoisotopic (exact) mass is 415 g/mol. The molecule has 9 nitrogen and oxygen atoms in total. The van der Waals surface area contributed by atoms with Crippen LogP contribution in [0.15, 0.2) is 34.5 Å². The average Bonchev–Trinajstić information content (AvgIpc) is 3.07. The van der Waals surface area contributed by atoms with Crippen LogP contribution in [0.25, 0.3) is 11.0 Å². The molecule has 0 aliphatic rings. The number of amides is 1. The number of fused-ring (bicyclic) bond motifs is 1. The molecule has 0 radical (unpaired) electrons. The summed E-state index contributed by atoms with van der Waals surface area (Å²) in [5.74, 6) is 1.22. The Bertz CT molecular complexity index is 1070. The van der Waals surface area contributed by atoms with Crippen molar-refractivity contribution in [1.82, 2.24) is 29.6 Å². The second kappa shape index (κ2) is 9.08. The maximum absolute atomic E-state index is 12.3. The van der Waals surface area contributed by atoms with Gasteiger partial charge in [0.05, 0.1) is 18.1 Å². The van der Waals surface area contributed by atoms with E-state index in [1.54, 1.807) is 42.0 Å². The second-order valence-corrected chi connectivity index (χ2v) is 8.02. The van der Waals surface area contributed by atoms with Gasteiger partial charge in [0.15, 0.2) is 10.8 Å². The van der Waals surface area contributed by atoms with Crippen molar-refractivity contribution in [3.63, 3.8) is 0 Å². The molecular weight excluding hydrogens is 390 g/mol. The number of aromatic nitrogens is 5. The normalized spacial score (nSPS) is 11.2. The number of carbonyl (C=O) groups excluding carboxylic acids is 1. The summed E-state index contributed by atoms with van der Waals surface area (Å²) in [6.07, 6.45) is 3.35. The number of nitrogens with one attached hydrogen (secondary N) is 2. The molecule has 10 heteroatoms. The molecule has 3 aromatic heterocycles. The lowest BCUT2D eigenvalue weighted by Crippen LogP contribution is -2.33. The molecule has 154 valence electrons. The van der Waals surface area contributed by atoms with Crippen molar-refractivity contribution in [3.05, 3.63) is 40.4 Å². The van der Waals surface area contributed by atoms with Crippen LogP contribution in [0.2, 0.25) is 0 Å². The van der Waals surface area contributed by atoms with Gasteiger partial charge in [0.2, 0.25) is 0 Å². The summed E-state index contributed by atoms with van der Waals surface area (Å²) in [6.45, 7) is 6.90. The van der Waals surface area contributed by atoms with E-state index in [9.17, 15) is 9.59 Å². The van der Waals surface area contributed by atoms with Crippen molar-refractivity contribution < 1.29 is 4.79 Å². The quantitative estimate of drug-likeness (QED) is 0.427. The molecule has 0 aromatic carbocycles. The number of hydrogen-bond acceptors (Lipinski definition) is 7. The Morgan fingerprint density at radius 3 is 2.83 bits per heavy atom. The molecule has 0 fully saturated rings. The highest BCUT2D eigenvalue weighted by molar-refractivity contribution is 7.99. The molecule has 3 rings (SSSR count). The lowest BCUT2D eigenvalue weighted by Gasteiger charge is -2.11. The highest BCUT2D eigenvalue weighted by Crippen LogP contribution is 2.24. The summed E-state index contributed by atoms with van der Waals surface area (Å²) in [6, 6.07) is 3.42. The van der Waals surface area contributed by atoms with Crippen LogP contribution in [0, 0.1) is 0 Å². The van der Waals surface area contributed by atoms with E-state index in [1.165, 1.54) is 10.6 Å². The van der Waals surface area contributed by atoms with Crippen molar-refractivity contribution in [1.29, 1.82) is 0 Å². The van der Waals surface area contributed by atoms with E-state index in [1.807, 2.05) is 13.8 Å². The first-order valence-corrected chi connectivity index (χ1v) is 10.5. The summed E-state index contributed by atoms with van der Waals surface area (Å²) in [7, 11) is 1.61. The SMILES string of the molecule is CCSc1nc(NC(C)C)c2cnn(CCNC(=O)c3cccn(C)c3=O)c2n1. The number of anilines is 1. The van der Waals surface area contributed by atoms with Crippen LogP contribution < -0.4 is 16.2 Å². The molecule has 0 atom stereocenters. The van der Waals surface area contributed by atoms with Gasteiger partial charge in [-0.15, -0.1) is 0 Å². The molecule has 0 saturated carbocycles. The summed E-state index contributed by atoms with van der Waals surface area (Å²) in [5, 5.41) is 12.1. The topological polar surface area (TPSA) is 107 Å². The Kier molecular flexibility index (Phi) is 6.53. The van der Waals surface area contributed by atoms with E-state index in [0.717, 1.165) is 17.0 Å². The number of carbonyl (C=O) groups is 1. The van der Waals surface area contributed by atoms with E-state index in [2.05, 4.69) is 32.6 Å². The minimum absolute atomic E-state index is 0.118. The number of nitrogens with zero attached hydrogens (tertiary/aromatic N) is 5. The molecule has 0 aliphatic heterocycles. The summed E-state index contributed by atoms with van der Waals surface area (Å²) < 4.78 is 3.12. The second-order valence-electron chi connectivity index (χ2n) is 6.79. The third-order valence-electron chi connectivity index (χ3n) is 4.15. The van der Waals surface area contributed by atoms with Crippen LogP contribution in [0.3, 0.4) is 0 Å². The summed E-state index contributed by atoms with van der Waals surface area (Å²) in [4.78, 5) is 33.6. The van der Waals surface area contributed by atoms with Gasteiger partial charge in [0.1, 0.15) is 11.4 Å². The van der Waals surface area contributed by atoms with Gasteiger partial charge in [-0.3, -0.25) is 9.59 Å². The highest BCUT2D eigenvalue weighted by atomic mass is 32.2. The lowest BCUT2D eigenvalue weighted by atomic mass is 10.2. The van der Waals surface area contributed by atoms with Crippen LogP contribution in [-0.4, -0.2) is 48.6 Å². The molecule has 0 aliphatic carbocycles. The summed E-state index contributed by atoms with van der Waals surface area (Å²) in [5.41, 5.74) is 0.504. The van der Waals surface area contributed by atoms with Crippen molar-refractivity contribution in [2.45, 2.75) is 38.5 Å². The third kappa shape index (κ3) is 4.76. The maximum Gasteiger partial charge on any atom is 0.263 e. The van der Waals surface area contributed by atoms with Gasteiger partial charge in [0.25, 0.3) is 11.5 Å². The largest absolute Gasteiger partial charge is 0.367 e. The Labute approximate surface area is 172 Å². The van der Waals surface area contributed by atoms with Crippen LogP contribution in [-0.2, 0) is 13.6 Å². The smallest absolute Gasteiger partial charge is 0.263 e. The molecular formula is C19H25N7O2S. The average molecular weight is 416 g/mol. The Morgan fingerprint density at radius 2 is 2.10 bits per heavy atom. The zero-order valence-corrected chi connectivity index (χ0v) is 17.8. The van der Waals surface area contributed by atoms with E-state index in [-0.39, 0.29) is 17.2 Å². The zero-order valence-electron chi connectivity index (χ0n) is 17.0. The van der Waals surface area contributed by atoms with Crippen molar-refractivity contribution >= 4 is 34.5 Å². The van der Waals surface area contributed by atoms with Crippen LogP contribution in [0.5, 0.6) is 0 Å². The number of thioether (sulfide) groups is 1. The van der Waals surface area contributed by atoms with Gasteiger partial charge < -0.3 is 15.2 Å². The fourth-order valence-corrected chi connectivity index (χ4v) is 3.38. The molecule has 29 heavy (non-hydrogen) atoms. The van der Waals surface area contributed by atoms with E-state index < -0.39 is 5.91 Å². The third-order valence-corrected chi connectivity index (χ3v) is 4.88. The van der Waals surface area contributed by atoms with Crippen LogP contribution in [0.1, 0.15) is 31.1 Å². The van der Waals surface area contributed by atoms with Crippen molar-refractivity contribution in [2.75, 3.05) is 17.6 Å². The molecule has 3 aromatic rings. The van der Waals surface area contributed by atoms with Gasteiger partial charge in [-0.05, 0) is 31.7 Å². The molecule has 1 amide bonds.